The van der Waals surface area contributed by atoms with Gasteiger partial charge in [0.1, 0.15) is 11.4 Å². The first-order chi connectivity index (χ1) is 13.3. The number of fused-ring (bicyclic) bond motifs is 1. The molecule has 0 spiro atoms. The van der Waals surface area contributed by atoms with Gasteiger partial charge in [-0.3, -0.25) is 24.1 Å². The minimum atomic E-state index is -1.66. The Morgan fingerprint density at radius 2 is 2.17 bits per heavy atom. The van der Waals surface area contributed by atoms with Gasteiger partial charge in [0, 0.05) is 23.1 Å². The second kappa shape index (κ2) is 9.90. The predicted octanol–water partition coefficient (Wildman–Crippen LogP) is -4.17. The van der Waals surface area contributed by atoms with Gasteiger partial charge in [-0.05, 0) is 11.4 Å². The molecule has 3 rings (SSSR count). The molecule has 2 aliphatic rings. The molecule has 1 fully saturated rings. The summed E-state index contributed by atoms with van der Waals surface area (Å²) in [6.45, 7) is 1.09. The van der Waals surface area contributed by atoms with Gasteiger partial charge in [-0.25, -0.2) is 0 Å². The van der Waals surface area contributed by atoms with Crippen molar-refractivity contribution in [3.05, 3.63) is 33.7 Å². The number of ether oxygens (including phenoxy) is 1. The standard InChI is InChI=1S/C17H16N2O7S2.Na/c1-8(21)26-11(6-20)10-7-28-16-13(15(23)19(16)14(10)17(24)25)18-12(22)5-9-3-2-4-27-9;/h2-4,6,11,13,16H,5,7H2,1H3,(H,18,22)(H,24,25);/q;+1/p-1/t11?,13-,16-;/m1./s1. The van der Waals surface area contributed by atoms with Crippen molar-refractivity contribution in [3.63, 3.8) is 0 Å². The van der Waals surface area contributed by atoms with Crippen molar-refractivity contribution in [1.82, 2.24) is 10.2 Å². The van der Waals surface area contributed by atoms with E-state index in [0.717, 1.165) is 16.7 Å². The Hall–Kier alpha value is -1.66. The average molecular weight is 446 g/mol. The number of hydrogen-bond donors (Lipinski definition) is 1. The van der Waals surface area contributed by atoms with E-state index in [1.54, 1.807) is 6.07 Å². The maximum Gasteiger partial charge on any atom is 1.00 e. The molecule has 1 aromatic heterocycles. The van der Waals surface area contributed by atoms with E-state index < -0.39 is 41.1 Å². The molecule has 0 aliphatic carbocycles. The molecule has 2 amide bonds. The molecule has 1 aromatic rings. The summed E-state index contributed by atoms with van der Waals surface area (Å²) in [5.74, 6) is -3.36. The largest absolute Gasteiger partial charge is 1.00 e. The number of aldehydes is 1. The zero-order valence-electron chi connectivity index (χ0n) is 15.6. The molecule has 0 bridgehead atoms. The molecule has 0 aromatic carbocycles. The summed E-state index contributed by atoms with van der Waals surface area (Å²) in [5, 5.41) is 15.4. The SMILES string of the molecule is CC(=O)OC(C=O)C1=C(C(=O)[O-])N2C(=O)[C@@H](NC(=O)Cc3cccs3)[C@H]2SC1.[Na+]. The van der Waals surface area contributed by atoms with Gasteiger partial charge in [-0.15, -0.1) is 23.1 Å². The Labute approximate surface area is 196 Å². The van der Waals surface area contributed by atoms with Crippen molar-refractivity contribution in [2.24, 2.45) is 0 Å². The first-order valence-electron chi connectivity index (χ1n) is 8.16. The van der Waals surface area contributed by atoms with Crippen molar-refractivity contribution in [3.8, 4) is 0 Å². The van der Waals surface area contributed by atoms with E-state index in [9.17, 15) is 29.1 Å². The molecular formula is C17H15N2NaO7S2. The number of amides is 2. The molecule has 1 N–H and O–H groups in total. The third-order valence-corrected chi connectivity index (χ3v) is 6.36. The molecule has 1 saturated heterocycles. The molecule has 1 unspecified atom stereocenters. The van der Waals surface area contributed by atoms with Crippen LogP contribution in [-0.4, -0.2) is 58.2 Å². The molecule has 3 heterocycles. The van der Waals surface area contributed by atoms with Crippen LogP contribution < -0.4 is 40.0 Å². The zero-order chi connectivity index (χ0) is 20.4. The van der Waals surface area contributed by atoms with Gasteiger partial charge in [0.05, 0.1) is 18.1 Å². The molecular weight excluding hydrogens is 431 g/mol. The molecule has 29 heavy (non-hydrogen) atoms. The number of aliphatic carboxylic acids is 1. The smallest absolute Gasteiger partial charge is 0.543 e. The molecule has 12 heteroatoms. The summed E-state index contributed by atoms with van der Waals surface area (Å²) in [6, 6.07) is 2.73. The van der Waals surface area contributed by atoms with Crippen molar-refractivity contribution in [2.45, 2.75) is 30.9 Å². The summed E-state index contributed by atoms with van der Waals surface area (Å²) >= 11 is 2.58. The van der Waals surface area contributed by atoms with Crippen LogP contribution in [0.25, 0.3) is 0 Å². The summed E-state index contributed by atoms with van der Waals surface area (Å²) in [5.41, 5.74) is -0.515. The summed E-state index contributed by atoms with van der Waals surface area (Å²) in [4.78, 5) is 60.5. The number of thioether (sulfide) groups is 1. The number of nitrogens with zero attached hydrogens (tertiary/aromatic N) is 1. The number of carboxylic acid groups (broad SMARTS) is 1. The molecule has 2 aliphatic heterocycles. The first-order valence-corrected chi connectivity index (χ1v) is 10.1. The molecule has 3 atom stereocenters. The number of hydrogen-bond acceptors (Lipinski definition) is 9. The second-order valence-corrected chi connectivity index (χ2v) is 8.18. The Bertz CT molecular complexity index is 871. The topological polar surface area (TPSA) is 133 Å². The fourth-order valence-electron chi connectivity index (χ4n) is 3.01. The van der Waals surface area contributed by atoms with Crippen molar-refractivity contribution in [1.29, 1.82) is 0 Å². The first kappa shape index (κ1) is 23.6. The van der Waals surface area contributed by atoms with E-state index in [0.29, 0.717) is 6.29 Å². The number of thiophene rings is 1. The van der Waals surface area contributed by atoms with Gasteiger partial charge in [-0.2, -0.15) is 0 Å². The van der Waals surface area contributed by atoms with Crippen LogP contribution in [0.15, 0.2) is 28.8 Å². The fraction of sp³-hybridized carbons (Fsp3) is 0.353. The molecule has 0 radical (unpaired) electrons. The van der Waals surface area contributed by atoms with Crippen LogP contribution in [0.4, 0.5) is 0 Å². The zero-order valence-corrected chi connectivity index (χ0v) is 19.2. The van der Waals surface area contributed by atoms with Crippen LogP contribution in [0.1, 0.15) is 11.8 Å². The van der Waals surface area contributed by atoms with Gasteiger partial charge < -0.3 is 20.0 Å². The van der Waals surface area contributed by atoms with E-state index in [1.165, 1.54) is 23.1 Å². The summed E-state index contributed by atoms with van der Waals surface area (Å²) in [7, 11) is 0. The monoisotopic (exact) mass is 446 g/mol. The van der Waals surface area contributed by atoms with Crippen molar-refractivity contribution < 1.29 is 63.4 Å². The summed E-state index contributed by atoms with van der Waals surface area (Å²) in [6.07, 6.45) is -1.00. The Morgan fingerprint density at radius 1 is 1.45 bits per heavy atom. The maximum absolute atomic E-state index is 12.5. The Morgan fingerprint density at radius 3 is 2.72 bits per heavy atom. The normalized spacial score (nSPS) is 21.3. The van der Waals surface area contributed by atoms with Crippen molar-refractivity contribution in [2.75, 3.05) is 5.75 Å². The van der Waals surface area contributed by atoms with E-state index in [1.807, 2.05) is 11.4 Å². The second-order valence-electron chi connectivity index (χ2n) is 6.04. The summed E-state index contributed by atoms with van der Waals surface area (Å²) < 4.78 is 4.84. The maximum atomic E-state index is 12.5. The van der Waals surface area contributed by atoms with Crippen LogP contribution in [0.2, 0.25) is 0 Å². The van der Waals surface area contributed by atoms with E-state index in [4.69, 9.17) is 4.74 Å². The van der Waals surface area contributed by atoms with Crippen LogP contribution in [0.3, 0.4) is 0 Å². The van der Waals surface area contributed by atoms with Gasteiger partial charge in [-0.1, -0.05) is 6.07 Å². The Kier molecular flexibility index (Phi) is 8.06. The molecule has 0 saturated carbocycles. The number of carbonyl (C=O) groups is 5. The number of carbonyl (C=O) groups excluding carboxylic acids is 5. The van der Waals surface area contributed by atoms with E-state index in [2.05, 4.69) is 5.32 Å². The number of carboxylic acids is 1. The molecule has 9 nitrogen and oxygen atoms in total. The van der Waals surface area contributed by atoms with Gasteiger partial charge in [0.15, 0.2) is 12.4 Å². The van der Waals surface area contributed by atoms with Crippen molar-refractivity contribution >= 4 is 53.1 Å². The number of rotatable bonds is 7. The van der Waals surface area contributed by atoms with Crippen LogP contribution in [-0.2, 0) is 35.1 Å². The van der Waals surface area contributed by atoms with E-state index >= 15 is 0 Å². The minimum absolute atomic E-state index is 0. The van der Waals surface area contributed by atoms with E-state index in [-0.39, 0.29) is 53.2 Å². The van der Waals surface area contributed by atoms with Gasteiger partial charge >= 0.3 is 35.5 Å². The Balaban J connectivity index is 0.00000300. The number of nitrogens with one attached hydrogen (secondary N) is 1. The van der Waals surface area contributed by atoms with Gasteiger partial charge in [0.25, 0.3) is 5.91 Å². The number of β-lactam (4-membered cyclic amide) rings is 1. The third-order valence-electron chi connectivity index (χ3n) is 4.18. The fourth-order valence-corrected chi connectivity index (χ4v) is 5.10. The average Bonchev–Trinajstić information content (AvgIpc) is 3.15. The molecule has 148 valence electrons. The van der Waals surface area contributed by atoms with Crippen LogP contribution >= 0.6 is 23.1 Å². The van der Waals surface area contributed by atoms with Crippen LogP contribution in [0.5, 0.6) is 0 Å². The predicted molar refractivity (Wildman–Crippen MR) is 96.7 cm³/mol. The van der Waals surface area contributed by atoms with Crippen LogP contribution in [0, 0.1) is 0 Å². The third kappa shape index (κ3) is 4.92. The minimum Gasteiger partial charge on any atom is -0.543 e. The quantitative estimate of drug-likeness (QED) is 0.193. The number of esters is 1. The van der Waals surface area contributed by atoms with Gasteiger partial charge in [0.2, 0.25) is 5.91 Å².